The second-order valence-corrected chi connectivity index (χ2v) is 9.51. The molecule has 2 fully saturated rings. The fourth-order valence-corrected chi connectivity index (χ4v) is 3.59. The molecule has 9 heteroatoms. The van der Waals surface area contributed by atoms with Crippen molar-refractivity contribution >= 4 is 0 Å². The Kier molecular flexibility index (Phi) is 11.9. The fraction of sp³-hybridized carbons (Fsp3) is 1.00. The Bertz CT molecular complexity index is 480. The van der Waals surface area contributed by atoms with Gasteiger partial charge in [-0.2, -0.15) is 0 Å². The zero-order valence-corrected chi connectivity index (χ0v) is 18.2. The highest BCUT2D eigenvalue weighted by Crippen LogP contribution is 2.33. The molecule has 2 saturated heterocycles. The molecule has 2 rings (SSSR count). The summed E-state index contributed by atoms with van der Waals surface area (Å²) in [5.74, 6) is 0.282. The van der Waals surface area contributed by atoms with E-state index in [1.807, 2.05) is 41.5 Å². The van der Waals surface area contributed by atoms with Gasteiger partial charge in [0.25, 0.3) is 0 Å². The number of aliphatic hydroxyl groups is 7. The first kappa shape index (κ1) is 29.6. The van der Waals surface area contributed by atoms with E-state index in [4.69, 9.17) is 9.47 Å². The van der Waals surface area contributed by atoms with Crippen LogP contribution in [0, 0.1) is 11.3 Å². The molecule has 0 aromatic heterocycles. The smallest absolute Gasteiger partial charge is 0.183 e. The van der Waals surface area contributed by atoms with Crippen molar-refractivity contribution in [2.45, 2.75) is 123 Å². The van der Waals surface area contributed by atoms with Gasteiger partial charge >= 0.3 is 0 Å². The van der Waals surface area contributed by atoms with Gasteiger partial charge in [0, 0.05) is 0 Å². The molecule has 0 aromatic rings. The van der Waals surface area contributed by atoms with Crippen LogP contribution in [0.25, 0.3) is 0 Å². The average Bonchev–Trinajstić information content (AvgIpc) is 2.62. The first-order chi connectivity index (χ1) is 13.2. The van der Waals surface area contributed by atoms with E-state index in [9.17, 15) is 35.7 Å². The van der Waals surface area contributed by atoms with Crippen LogP contribution in [0.4, 0.5) is 0 Å². The van der Waals surface area contributed by atoms with Gasteiger partial charge in [-0.1, -0.05) is 49.0 Å². The van der Waals surface area contributed by atoms with E-state index in [2.05, 4.69) is 0 Å². The maximum Gasteiger partial charge on any atom is 0.183 e. The highest BCUT2D eigenvalue weighted by molar-refractivity contribution is 4.96. The third kappa shape index (κ3) is 7.36. The summed E-state index contributed by atoms with van der Waals surface area (Å²) >= 11 is 0. The van der Waals surface area contributed by atoms with Crippen LogP contribution >= 0.6 is 0 Å². The van der Waals surface area contributed by atoms with Crippen LogP contribution < -0.4 is 0 Å². The average molecular weight is 441 g/mol. The SMILES string of the molecule is C.CC(C)CC1OC(O)C(O)C(O)C1O.CCC1OC(C(C)(C)C)C(O)C(O)C1O. The summed E-state index contributed by atoms with van der Waals surface area (Å²) in [4.78, 5) is 0. The van der Waals surface area contributed by atoms with Crippen molar-refractivity contribution in [3.8, 4) is 0 Å². The molecule has 0 saturated carbocycles. The molecule has 0 radical (unpaired) electrons. The lowest BCUT2D eigenvalue weighted by Crippen LogP contribution is -2.60. The van der Waals surface area contributed by atoms with Gasteiger partial charge in [-0.05, 0) is 24.2 Å². The van der Waals surface area contributed by atoms with Crippen molar-refractivity contribution in [2.75, 3.05) is 0 Å². The van der Waals surface area contributed by atoms with Gasteiger partial charge in [-0.25, -0.2) is 0 Å². The van der Waals surface area contributed by atoms with Gasteiger partial charge in [-0.15, -0.1) is 0 Å². The predicted octanol–water partition coefficient (Wildman–Crippen LogP) is -0.239. The summed E-state index contributed by atoms with van der Waals surface area (Å²) in [5.41, 5.74) is -0.256. The second-order valence-electron chi connectivity index (χ2n) is 9.51. The molecule has 30 heavy (non-hydrogen) atoms. The third-order valence-corrected chi connectivity index (χ3v) is 5.36. The first-order valence-electron chi connectivity index (χ1n) is 10.3. The molecule has 0 spiro atoms. The highest BCUT2D eigenvalue weighted by Gasteiger charge is 2.47. The molecule has 7 N–H and O–H groups in total. The van der Waals surface area contributed by atoms with Crippen molar-refractivity contribution in [1.29, 1.82) is 0 Å². The van der Waals surface area contributed by atoms with Crippen molar-refractivity contribution < 1.29 is 45.2 Å². The molecule has 0 amide bonds. The standard InChI is InChI=1S/C11H22O4.C9H18O5.CH4/c1-5-6-7(12)8(13)9(14)10(15-6)11(2,3)4;1-4(2)3-5-6(10)7(11)8(12)9(13)14-5;/h6-10,12-14H,5H2,1-4H3;4-13H,3H2,1-2H3;1H4. The van der Waals surface area contributed by atoms with E-state index < -0.39 is 61.2 Å². The minimum atomic E-state index is -1.44. The molecule has 2 heterocycles. The summed E-state index contributed by atoms with van der Waals surface area (Å²) in [6.07, 6.45) is -8.79. The second kappa shape index (κ2) is 12.0. The minimum Gasteiger partial charge on any atom is -0.388 e. The lowest BCUT2D eigenvalue weighted by atomic mass is 9.80. The van der Waals surface area contributed by atoms with Gasteiger partial charge in [0.1, 0.15) is 36.6 Å². The molecule has 2 aliphatic heterocycles. The van der Waals surface area contributed by atoms with E-state index in [1.165, 1.54) is 0 Å². The number of ether oxygens (including phenoxy) is 2. The molecule has 10 atom stereocenters. The maximum atomic E-state index is 9.82. The minimum absolute atomic E-state index is 0. The van der Waals surface area contributed by atoms with Crippen LogP contribution in [0.15, 0.2) is 0 Å². The molecule has 2 aliphatic rings. The molecule has 182 valence electrons. The van der Waals surface area contributed by atoms with Crippen molar-refractivity contribution in [2.24, 2.45) is 11.3 Å². The van der Waals surface area contributed by atoms with Crippen LogP contribution in [-0.4, -0.2) is 97.0 Å². The number of aliphatic hydroxyl groups excluding tert-OH is 7. The van der Waals surface area contributed by atoms with Crippen LogP contribution in [0.3, 0.4) is 0 Å². The van der Waals surface area contributed by atoms with Crippen LogP contribution in [0.2, 0.25) is 0 Å². The van der Waals surface area contributed by atoms with Gasteiger partial charge in [0.05, 0.1) is 18.3 Å². The lowest BCUT2D eigenvalue weighted by molar-refractivity contribution is -0.283. The zero-order valence-electron chi connectivity index (χ0n) is 18.2. The lowest BCUT2D eigenvalue weighted by Gasteiger charge is -2.45. The van der Waals surface area contributed by atoms with Crippen molar-refractivity contribution in [1.82, 2.24) is 0 Å². The van der Waals surface area contributed by atoms with E-state index in [0.29, 0.717) is 12.8 Å². The Morgan fingerprint density at radius 3 is 1.60 bits per heavy atom. The van der Waals surface area contributed by atoms with E-state index in [1.54, 1.807) is 0 Å². The van der Waals surface area contributed by atoms with Gasteiger partial charge < -0.3 is 45.2 Å². The molecule has 0 bridgehead atoms. The monoisotopic (exact) mass is 440 g/mol. The summed E-state index contributed by atoms with van der Waals surface area (Å²) in [7, 11) is 0. The van der Waals surface area contributed by atoms with E-state index in [-0.39, 0.29) is 18.8 Å². The first-order valence-corrected chi connectivity index (χ1v) is 10.3. The van der Waals surface area contributed by atoms with E-state index >= 15 is 0 Å². The van der Waals surface area contributed by atoms with Crippen molar-refractivity contribution in [3.63, 3.8) is 0 Å². The maximum absolute atomic E-state index is 9.82. The topological polar surface area (TPSA) is 160 Å². The van der Waals surface area contributed by atoms with Crippen LogP contribution in [0.5, 0.6) is 0 Å². The number of hydrogen-bond donors (Lipinski definition) is 7. The molecule has 0 aromatic carbocycles. The Morgan fingerprint density at radius 2 is 1.17 bits per heavy atom. The Labute approximate surface area is 180 Å². The van der Waals surface area contributed by atoms with Crippen LogP contribution in [0.1, 0.15) is 61.8 Å². The Morgan fingerprint density at radius 1 is 0.700 bits per heavy atom. The van der Waals surface area contributed by atoms with Gasteiger partial charge in [0.2, 0.25) is 0 Å². The van der Waals surface area contributed by atoms with Crippen molar-refractivity contribution in [3.05, 3.63) is 0 Å². The van der Waals surface area contributed by atoms with Crippen LogP contribution in [-0.2, 0) is 9.47 Å². The normalized spacial score (nSPS) is 42.2. The largest absolute Gasteiger partial charge is 0.388 e. The number of rotatable bonds is 3. The number of hydrogen-bond acceptors (Lipinski definition) is 9. The summed E-state index contributed by atoms with van der Waals surface area (Å²) < 4.78 is 10.6. The molecular weight excluding hydrogens is 396 g/mol. The third-order valence-electron chi connectivity index (χ3n) is 5.36. The Balaban J connectivity index is 0.000000544. The zero-order chi connectivity index (χ0) is 22.7. The van der Waals surface area contributed by atoms with Gasteiger partial charge in [0.15, 0.2) is 6.29 Å². The Hall–Kier alpha value is -0.360. The van der Waals surface area contributed by atoms with E-state index in [0.717, 1.165) is 0 Å². The molecule has 0 aliphatic carbocycles. The summed E-state index contributed by atoms with van der Waals surface area (Å²) in [5, 5.41) is 66.5. The summed E-state index contributed by atoms with van der Waals surface area (Å²) in [6, 6.07) is 0. The molecule has 10 unspecified atom stereocenters. The molecular formula is C21H44O9. The highest BCUT2D eigenvalue weighted by atomic mass is 16.6. The fourth-order valence-electron chi connectivity index (χ4n) is 3.59. The predicted molar refractivity (Wildman–Crippen MR) is 112 cm³/mol. The van der Waals surface area contributed by atoms with Gasteiger partial charge in [-0.3, -0.25) is 0 Å². The quantitative estimate of drug-likeness (QED) is 0.314. The summed E-state index contributed by atoms with van der Waals surface area (Å²) in [6.45, 7) is 11.6. The molecule has 9 nitrogen and oxygen atoms in total.